The van der Waals surface area contributed by atoms with Gasteiger partial charge in [0, 0.05) is 18.5 Å². The maximum atomic E-state index is 12.7. The summed E-state index contributed by atoms with van der Waals surface area (Å²) in [5.41, 5.74) is 2.71. The molecule has 0 aromatic heterocycles. The van der Waals surface area contributed by atoms with Gasteiger partial charge < -0.3 is 10.2 Å². The molecular weight excluding hydrogens is 272 g/mol. The van der Waals surface area contributed by atoms with Crippen LogP contribution >= 0.6 is 12.4 Å². The predicted molar refractivity (Wildman–Crippen MR) is 82.9 cm³/mol. The minimum Gasteiger partial charge on any atom is -0.335 e. The molecule has 1 N–H and O–H groups in total. The van der Waals surface area contributed by atoms with Gasteiger partial charge in [-0.1, -0.05) is 31.2 Å². The monoisotopic (exact) mass is 294 g/mol. The topological polar surface area (TPSA) is 32.3 Å². The van der Waals surface area contributed by atoms with Crippen LogP contribution in [0.2, 0.25) is 0 Å². The zero-order valence-corrected chi connectivity index (χ0v) is 13.0. The van der Waals surface area contributed by atoms with Crippen LogP contribution in [0, 0.1) is 11.8 Å². The maximum Gasteiger partial charge on any atom is 0.226 e. The lowest BCUT2D eigenvalue weighted by Gasteiger charge is -2.40. The van der Waals surface area contributed by atoms with E-state index >= 15 is 0 Å². The smallest absolute Gasteiger partial charge is 0.226 e. The lowest BCUT2D eigenvalue weighted by Crippen LogP contribution is -2.52. The van der Waals surface area contributed by atoms with Crippen molar-refractivity contribution in [3.8, 4) is 0 Å². The maximum absolute atomic E-state index is 12.7. The third-order valence-electron chi connectivity index (χ3n) is 4.70. The molecule has 1 amide bonds. The molecule has 0 spiro atoms. The first kappa shape index (κ1) is 15.3. The molecule has 0 saturated carbocycles. The van der Waals surface area contributed by atoms with E-state index in [0.717, 1.165) is 26.1 Å². The second-order valence-electron chi connectivity index (χ2n) is 5.99. The van der Waals surface area contributed by atoms with Crippen LogP contribution in [0.1, 0.15) is 25.0 Å². The summed E-state index contributed by atoms with van der Waals surface area (Å²) in [6.45, 7) is 7.01. The van der Waals surface area contributed by atoms with Crippen molar-refractivity contribution in [1.82, 2.24) is 10.2 Å². The van der Waals surface area contributed by atoms with E-state index in [9.17, 15) is 4.79 Å². The van der Waals surface area contributed by atoms with Crippen molar-refractivity contribution in [1.29, 1.82) is 0 Å². The number of benzene rings is 1. The molecule has 2 aliphatic heterocycles. The van der Waals surface area contributed by atoms with Gasteiger partial charge in [-0.2, -0.15) is 0 Å². The van der Waals surface area contributed by atoms with E-state index in [4.69, 9.17) is 0 Å². The standard InChI is InChI=1S/C16H22N2O.ClH/c1-11-7-13-5-3-4-6-14(13)10-18(11)16(19)12(2)15-8-17-9-15;/h3-6,11-12,15,17H,7-10H2,1-2H3;1H. The van der Waals surface area contributed by atoms with Gasteiger partial charge in [0.25, 0.3) is 0 Å². The number of nitrogens with zero attached hydrogens (tertiary/aromatic N) is 1. The van der Waals surface area contributed by atoms with Crippen LogP contribution in [0.25, 0.3) is 0 Å². The zero-order valence-electron chi connectivity index (χ0n) is 12.1. The molecule has 0 radical (unpaired) electrons. The molecule has 2 aliphatic rings. The lowest BCUT2D eigenvalue weighted by molar-refractivity contribution is -0.140. The van der Waals surface area contributed by atoms with Crippen molar-refractivity contribution in [2.75, 3.05) is 13.1 Å². The summed E-state index contributed by atoms with van der Waals surface area (Å²) in [5.74, 6) is 0.999. The fraction of sp³-hybridized carbons (Fsp3) is 0.562. The molecule has 0 aliphatic carbocycles. The molecular formula is C16H23ClN2O. The number of nitrogens with one attached hydrogen (secondary N) is 1. The number of hydrogen-bond donors (Lipinski definition) is 1. The number of rotatable bonds is 2. The van der Waals surface area contributed by atoms with Crippen LogP contribution in [0.4, 0.5) is 0 Å². The summed E-state index contributed by atoms with van der Waals surface area (Å²) in [7, 11) is 0. The normalized spacial score (nSPS) is 23.3. The molecule has 3 nitrogen and oxygen atoms in total. The highest BCUT2D eigenvalue weighted by molar-refractivity contribution is 5.85. The minimum atomic E-state index is 0. The highest BCUT2D eigenvalue weighted by Crippen LogP contribution is 2.27. The van der Waals surface area contributed by atoms with Gasteiger partial charge >= 0.3 is 0 Å². The second-order valence-corrected chi connectivity index (χ2v) is 5.99. The zero-order chi connectivity index (χ0) is 13.4. The molecule has 1 aromatic carbocycles. The van der Waals surface area contributed by atoms with E-state index in [1.54, 1.807) is 0 Å². The molecule has 3 rings (SSSR count). The molecule has 4 heteroatoms. The summed E-state index contributed by atoms with van der Waals surface area (Å²) >= 11 is 0. The van der Waals surface area contributed by atoms with Crippen LogP contribution in [-0.2, 0) is 17.8 Å². The number of halogens is 1. The average Bonchev–Trinajstić information content (AvgIpc) is 2.35. The molecule has 1 fully saturated rings. The Balaban J connectivity index is 0.00000147. The number of carbonyl (C=O) groups excluding carboxylic acids is 1. The number of carbonyl (C=O) groups is 1. The average molecular weight is 295 g/mol. The van der Waals surface area contributed by atoms with Crippen molar-refractivity contribution < 1.29 is 4.79 Å². The first-order chi connectivity index (χ1) is 9.16. The molecule has 20 heavy (non-hydrogen) atoms. The molecule has 2 heterocycles. The van der Waals surface area contributed by atoms with Crippen LogP contribution in [-0.4, -0.2) is 29.9 Å². The second kappa shape index (κ2) is 6.15. The van der Waals surface area contributed by atoms with Gasteiger partial charge in [0.15, 0.2) is 0 Å². The van der Waals surface area contributed by atoms with Crippen LogP contribution in [0.15, 0.2) is 24.3 Å². The van der Waals surface area contributed by atoms with E-state index in [-0.39, 0.29) is 18.3 Å². The SMILES string of the molecule is CC(C(=O)N1Cc2ccccc2CC1C)C1CNC1.Cl. The third kappa shape index (κ3) is 2.70. The largest absolute Gasteiger partial charge is 0.335 e. The van der Waals surface area contributed by atoms with E-state index in [1.165, 1.54) is 11.1 Å². The molecule has 1 saturated heterocycles. The van der Waals surface area contributed by atoms with Crippen LogP contribution in [0.3, 0.4) is 0 Å². The first-order valence-corrected chi connectivity index (χ1v) is 7.25. The molecule has 1 aromatic rings. The predicted octanol–water partition coefficient (Wildman–Crippen LogP) is 2.24. The number of amides is 1. The van der Waals surface area contributed by atoms with Gasteiger partial charge in [-0.05, 0) is 43.5 Å². The summed E-state index contributed by atoms with van der Waals surface area (Å²) < 4.78 is 0. The fourth-order valence-electron chi connectivity index (χ4n) is 3.10. The van der Waals surface area contributed by atoms with Crippen LogP contribution < -0.4 is 5.32 Å². The van der Waals surface area contributed by atoms with Crippen LogP contribution in [0.5, 0.6) is 0 Å². The van der Waals surface area contributed by atoms with Gasteiger partial charge in [-0.3, -0.25) is 4.79 Å². The van der Waals surface area contributed by atoms with Gasteiger partial charge in [0.2, 0.25) is 5.91 Å². The Hall–Kier alpha value is -1.06. The number of hydrogen-bond acceptors (Lipinski definition) is 2. The Morgan fingerprint density at radius 1 is 1.30 bits per heavy atom. The summed E-state index contributed by atoms with van der Waals surface area (Å²) in [5, 5.41) is 3.26. The molecule has 2 unspecified atom stereocenters. The highest BCUT2D eigenvalue weighted by Gasteiger charge is 2.35. The number of fused-ring (bicyclic) bond motifs is 1. The quantitative estimate of drug-likeness (QED) is 0.907. The first-order valence-electron chi connectivity index (χ1n) is 7.25. The summed E-state index contributed by atoms with van der Waals surface area (Å²) in [6, 6.07) is 8.81. The van der Waals surface area contributed by atoms with Crippen molar-refractivity contribution in [3.63, 3.8) is 0 Å². The van der Waals surface area contributed by atoms with E-state index in [2.05, 4.69) is 48.3 Å². The minimum absolute atomic E-state index is 0. The van der Waals surface area contributed by atoms with Gasteiger partial charge in [0.1, 0.15) is 0 Å². The van der Waals surface area contributed by atoms with Crippen molar-refractivity contribution in [2.45, 2.75) is 32.9 Å². The van der Waals surface area contributed by atoms with E-state index in [0.29, 0.717) is 17.9 Å². The van der Waals surface area contributed by atoms with Crippen molar-refractivity contribution in [2.24, 2.45) is 11.8 Å². The van der Waals surface area contributed by atoms with Crippen molar-refractivity contribution >= 4 is 18.3 Å². The van der Waals surface area contributed by atoms with Gasteiger partial charge in [-0.15, -0.1) is 12.4 Å². The summed E-state index contributed by atoms with van der Waals surface area (Å²) in [4.78, 5) is 14.7. The Labute approximate surface area is 127 Å². The molecule has 2 atom stereocenters. The Bertz CT molecular complexity index is 487. The Morgan fingerprint density at radius 2 is 1.95 bits per heavy atom. The van der Waals surface area contributed by atoms with E-state index in [1.807, 2.05) is 0 Å². The third-order valence-corrected chi connectivity index (χ3v) is 4.70. The highest BCUT2D eigenvalue weighted by atomic mass is 35.5. The van der Waals surface area contributed by atoms with Gasteiger partial charge in [-0.25, -0.2) is 0 Å². The molecule has 110 valence electrons. The summed E-state index contributed by atoms with van der Waals surface area (Å²) in [6.07, 6.45) is 0.984. The Morgan fingerprint density at radius 3 is 2.55 bits per heavy atom. The Kier molecular flexibility index (Phi) is 4.71. The lowest BCUT2D eigenvalue weighted by atomic mass is 9.86. The fourth-order valence-corrected chi connectivity index (χ4v) is 3.10. The van der Waals surface area contributed by atoms with Crippen molar-refractivity contribution in [3.05, 3.63) is 35.4 Å². The van der Waals surface area contributed by atoms with E-state index < -0.39 is 0 Å². The van der Waals surface area contributed by atoms with Gasteiger partial charge in [0.05, 0.1) is 0 Å². The molecule has 0 bridgehead atoms.